The first-order chi connectivity index (χ1) is 7.13. The van der Waals surface area contributed by atoms with Crippen molar-refractivity contribution in [2.45, 2.75) is 31.3 Å². The summed E-state index contributed by atoms with van der Waals surface area (Å²) in [5, 5.41) is 8.85. The second-order valence-corrected chi connectivity index (χ2v) is 4.77. The van der Waals surface area contributed by atoms with Gasteiger partial charge in [0.25, 0.3) is 0 Å². The third-order valence-electron chi connectivity index (χ3n) is 3.31. The van der Waals surface area contributed by atoms with Gasteiger partial charge in [-0.2, -0.15) is 0 Å². The van der Waals surface area contributed by atoms with E-state index in [1.165, 1.54) is 19.4 Å². The number of hydrogen-bond donors (Lipinski definition) is 2. The molecule has 0 aliphatic carbocycles. The van der Waals surface area contributed by atoms with E-state index in [-0.39, 0.29) is 12.6 Å². The molecule has 1 rings (SSSR count). The van der Waals surface area contributed by atoms with Crippen molar-refractivity contribution >= 4 is 0 Å². The predicted octanol–water partition coefficient (Wildman–Crippen LogP) is -0.278. The molecule has 15 heavy (non-hydrogen) atoms. The van der Waals surface area contributed by atoms with Gasteiger partial charge in [0.1, 0.15) is 0 Å². The average Bonchev–Trinajstić information content (AvgIpc) is 2.25. The number of hydrogen-bond acceptors (Lipinski definition) is 4. The highest BCUT2D eigenvalue weighted by molar-refractivity contribution is 4.78. The van der Waals surface area contributed by atoms with E-state index in [1.807, 2.05) is 0 Å². The van der Waals surface area contributed by atoms with E-state index in [1.54, 1.807) is 0 Å². The van der Waals surface area contributed by atoms with Gasteiger partial charge in [-0.15, -0.1) is 0 Å². The Morgan fingerprint density at radius 1 is 1.60 bits per heavy atom. The molecule has 0 spiro atoms. The summed E-state index contributed by atoms with van der Waals surface area (Å²) in [7, 11) is 4.34. The number of nitrogens with zero attached hydrogens (tertiary/aromatic N) is 2. The van der Waals surface area contributed by atoms with E-state index in [0.717, 1.165) is 19.5 Å². The number of rotatable bonds is 5. The SMILES string of the molecule is CN1CCCC(N(C)CCC(N)CO)C1. The van der Waals surface area contributed by atoms with E-state index in [2.05, 4.69) is 23.9 Å². The summed E-state index contributed by atoms with van der Waals surface area (Å²) in [4.78, 5) is 4.77. The lowest BCUT2D eigenvalue weighted by Gasteiger charge is -2.36. The Hall–Kier alpha value is -0.160. The van der Waals surface area contributed by atoms with Gasteiger partial charge in [0.15, 0.2) is 0 Å². The first kappa shape index (κ1) is 12.9. The highest BCUT2D eigenvalue weighted by Gasteiger charge is 2.20. The molecule has 0 aromatic carbocycles. The molecular weight excluding hydrogens is 190 g/mol. The molecule has 0 aromatic heterocycles. The maximum absolute atomic E-state index is 8.85. The zero-order valence-corrected chi connectivity index (χ0v) is 10.0. The van der Waals surface area contributed by atoms with Gasteiger partial charge in [-0.25, -0.2) is 0 Å². The zero-order chi connectivity index (χ0) is 11.3. The van der Waals surface area contributed by atoms with Gasteiger partial charge in [-0.3, -0.25) is 0 Å². The van der Waals surface area contributed by atoms with Gasteiger partial charge >= 0.3 is 0 Å². The third-order valence-corrected chi connectivity index (χ3v) is 3.31. The van der Waals surface area contributed by atoms with Gasteiger partial charge in [0.2, 0.25) is 0 Å². The van der Waals surface area contributed by atoms with Crippen LogP contribution in [0.2, 0.25) is 0 Å². The van der Waals surface area contributed by atoms with Gasteiger partial charge < -0.3 is 20.6 Å². The average molecular weight is 215 g/mol. The Morgan fingerprint density at radius 3 is 2.93 bits per heavy atom. The van der Waals surface area contributed by atoms with Crippen LogP contribution in [-0.4, -0.2) is 67.3 Å². The lowest BCUT2D eigenvalue weighted by molar-refractivity contribution is 0.128. The molecule has 4 heteroatoms. The predicted molar refractivity (Wildman–Crippen MR) is 62.8 cm³/mol. The van der Waals surface area contributed by atoms with Crippen LogP contribution in [0.25, 0.3) is 0 Å². The van der Waals surface area contributed by atoms with Crippen molar-refractivity contribution in [2.24, 2.45) is 5.73 Å². The molecule has 1 heterocycles. The molecule has 0 amide bonds. The monoisotopic (exact) mass is 215 g/mol. The molecule has 0 radical (unpaired) electrons. The van der Waals surface area contributed by atoms with Crippen molar-refractivity contribution < 1.29 is 5.11 Å². The standard InChI is InChI=1S/C11H25N3O/c1-13-6-3-4-11(8-13)14(2)7-5-10(12)9-15/h10-11,15H,3-9,12H2,1-2H3. The minimum Gasteiger partial charge on any atom is -0.395 e. The summed E-state index contributed by atoms with van der Waals surface area (Å²) in [5.74, 6) is 0. The van der Waals surface area contributed by atoms with Crippen LogP contribution in [0.4, 0.5) is 0 Å². The highest BCUT2D eigenvalue weighted by atomic mass is 16.3. The number of aliphatic hydroxyl groups is 1. The molecule has 4 nitrogen and oxygen atoms in total. The molecule has 0 saturated carbocycles. The summed E-state index contributed by atoms with van der Waals surface area (Å²) < 4.78 is 0. The van der Waals surface area contributed by atoms with Crippen LogP contribution in [0.5, 0.6) is 0 Å². The number of likely N-dealkylation sites (N-methyl/N-ethyl adjacent to an activating group) is 2. The second-order valence-electron chi connectivity index (χ2n) is 4.77. The number of piperidine rings is 1. The van der Waals surface area contributed by atoms with Crippen LogP contribution in [-0.2, 0) is 0 Å². The molecule has 2 atom stereocenters. The highest BCUT2D eigenvalue weighted by Crippen LogP contribution is 2.13. The summed E-state index contributed by atoms with van der Waals surface area (Å²) in [6.07, 6.45) is 3.46. The molecule has 1 aliphatic heterocycles. The number of nitrogens with two attached hydrogens (primary N) is 1. The van der Waals surface area contributed by atoms with Crippen LogP contribution in [0.1, 0.15) is 19.3 Å². The molecule has 90 valence electrons. The molecule has 0 bridgehead atoms. The van der Waals surface area contributed by atoms with E-state index in [9.17, 15) is 0 Å². The van der Waals surface area contributed by atoms with Crippen LogP contribution in [0.3, 0.4) is 0 Å². The lowest BCUT2D eigenvalue weighted by atomic mass is 10.0. The maximum atomic E-state index is 8.85. The van der Waals surface area contributed by atoms with Gasteiger partial charge in [0.05, 0.1) is 6.61 Å². The number of likely N-dealkylation sites (tertiary alicyclic amines) is 1. The van der Waals surface area contributed by atoms with E-state index < -0.39 is 0 Å². The summed E-state index contributed by atoms with van der Waals surface area (Å²) >= 11 is 0. The minimum absolute atomic E-state index is 0.0613. The van der Waals surface area contributed by atoms with Crippen molar-refractivity contribution in [2.75, 3.05) is 40.3 Å². The fourth-order valence-electron chi connectivity index (χ4n) is 2.14. The zero-order valence-electron chi connectivity index (χ0n) is 10.0. The summed E-state index contributed by atoms with van der Waals surface area (Å²) in [6, 6.07) is 0.600. The van der Waals surface area contributed by atoms with Crippen LogP contribution >= 0.6 is 0 Å². The first-order valence-corrected chi connectivity index (χ1v) is 5.88. The van der Waals surface area contributed by atoms with E-state index in [4.69, 9.17) is 10.8 Å². The largest absolute Gasteiger partial charge is 0.395 e. The van der Waals surface area contributed by atoms with Crippen molar-refractivity contribution in [3.63, 3.8) is 0 Å². The van der Waals surface area contributed by atoms with Crippen molar-refractivity contribution in [3.8, 4) is 0 Å². The van der Waals surface area contributed by atoms with Crippen molar-refractivity contribution in [1.29, 1.82) is 0 Å². The Bertz CT molecular complexity index is 177. The molecule has 0 aromatic rings. The second kappa shape index (κ2) is 6.43. The fourth-order valence-corrected chi connectivity index (χ4v) is 2.14. The molecule has 3 N–H and O–H groups in total. The Balaban J connectivity index is 2.23. The minimum atomic E-state index is -0.0613. The normalized spacial score (nSPS) is 25.8. The maximum Gasteiger partial charge on any atom is 0.0583 e. The topological polar surface area (TPSA) is 52.7 Å². The third kappa shape index (κ3) is 4.47. The van der Waals surface area contributed by atoms with Crippen molar-refractivity contribution in [1.82, 2.24) is 9.80 Å². The molecular formula is C11H25N3O. The van der Waals surface area contributed by atoms with Crippen LogP contribution in [0, 0.1) is 0 Å². The Labute approximate surface area is 93.0 Å². The van der Waals surface area contributed by atoms with Crippen LogP contribution in [0.15, 0.2) is 0 Å². The van der Waals surface area contributed by atoms with Gasteiger partial charge in [0, 0.05) is 18.6 Å². The van der Waals surface area contributed by atoms with Crippen LogP contribution < -0.4 is 5.73 Å². The Kier molecular flexibility index (Phi) is 5.53. The molecule has 1 saturated heterocycles. The van der Waals surface area contributed by atoms with Gasteiger partial charge in [-0.1, -0.05) is 0 Å². The molecule has 2 unspecified atom stereocenters. The summed E-state index contributed by atoms with van der Waals surface area (Å²) in [6.45, 7) is 3.46. The fraction of sp³-hybridized carbons (Fsp3) is 1.00. The van der Waals surface area contributed by atoms with Crippen molar-refractivity contribution in [3.05, 3.63) is 0 Å². The number of aliphatic hydroxyl groups excluding tert-OH is 1. The quantitative estimate of drug-likeness (QED) is 0.662. The van der Waals surface area contributed by atoms with Gasteiger partial charge in [-0.05, 0) is 46.4 Å². The molecule has 1 aliphatic rings. The van der Waals surface area contributed by atoms with E-state index >= 15 is 0 Å². The van der Waals surface area contributed by atoms with E-state index in [0.29, 0.717) is 6.04 Å². The first-order valence-electron chi connectivity index (χ1n) is 5.88. The lowest BCUT2D eigenvalue weighted by Crippen LogP contribution is -2.46. The summed E-state index contributed by atoms with van der Waals surface area (Å²) in [5.41, 5.74) is 5.69. The smallest absolute Gasteiger partial charge is 0.0583 e. The Morgan fingerprint density at radius 2 is 2.33 bits per heavy atom. The molecule has 1 fully saturated rings.